The van der Waals surface area contributed by atoms with E-state index in [-0.39, 0.29) is 11.8 Å². The van der Waals surface area contributed by atoms with Crippen molar-refractivity contribution in [3.05, 3.63) is 67.4 Å². The Morgan fingerprint density at radius 2 is 1.94 bits per heavy atom. The topological polar surface area (TPSA) is 125 Å². The van der Waals surface area contributed by atoms with Crippen molar-refractivity contribution in [2.75, 3.05) is 5.32 Å². The van der Waals surface area contributed by atoms with Crippen LogP contribution in [0.25, 0.3) is 56.0 Å². The third-order valence-electron chi connectivity index (χ3n) is 5.89. The van der Waals surface area contributed by atoms with Gasteiger partial charge in [-0.15, -0.1) is 0 Å². The van der Waals surface area contributed by atoms with Gasteiger partial charge >= 0.3 is 0 Å². The van der Waals surface area contributed by atoms with E-state index in [2.05, 4.69) is 25.5 Å². The highest BCUT2D eigenvalue weighted by molar-refractivity contribution is 5.96. The summed E-state index contributed by atoms with van der Waals surface area (Å²) in [6, 6.07) is 13.6. The Labute approximate surface area is 206 Å². The Hall–Kier alpha value is -4.79. The number of anilines is 1. The van der Waals surface area contributed by atoms with E-state index in [1.165, 1.54) is 0 Å². The molecular weight excluding hydrogens is 454 g/mol. The van der Waals surface area contributed by atoms with Crippen molar-refractivity contribution in [2.45, 2.75) is 20.3 Å². The molecule has 6 aromatic rings. The first-order valence-corrected chi connectivity index (χ1v) is 11.7. The first-order chi connectivity index (χ1) is 17.5. The number of para-hydroxylation sites is 1. The smallest absolute Gasteiger partial charge is 0.224 e. The Kier molecular flexibility index (Phi) is 5.29. The number of H-pyrrole nitrogens is 2. The fourth-order valence-corrected chi connectivity index (χ4v) is 4.25. The Morgan fingerprint density at radius 1 is 1.03 bits per heavy atom. The van der Waals surface area contributed by atoms with Gasteiger partial charge in [0.15, 0.2) is 11.5 Å². The summed E-state index contributed by atoms with van der Waals surface area (Å²) in [5.74, 6) is 0.854. The standard InChI is InChI=1S/C27H23N7O2/c1-15(2)10-23(35)29-18-11-17(12-28-13-18)20-6-7-22-25(30-20)26(34-33-22)27-31-21-5-3-4-19(24(21)32-27)16-8-9-36-14-16/h3-9,11-15H,10H2,1-2H3,(H,29,35)(H,31,32)(H,33,34). The van der Waals surface area contributed by atoms with Crippen molar-refractivity contribution < 1.29 is 9.21 Å². The summed E-state index contributed by atoms with van der Waals surface area (Å²) in [5, 5.41) is 10.5. The molecule has 1 amide bonds. The van der Waals surface area contributed by atoms with Gasteiger partial charge in [0.25, 0.3) is 0 Å². The number of hydrogen-bond acceptors (Lipinski definition) is 6. The van der Waals surface area contributed by atoms with Crippen LogP contribution >= 0.6 is 0 Å². The van der Waals surface area contributed by atoms with Crippen molar-refractivity contribution in [3.8, 4) is 33.9 Å². The van der Waals surface area contributed by atoms with Crippen LogP contribution in [0.3, 0.4) is 0 Å². The van der Waals surface area contributed by atoms with E-state index < -0.39 is 0 Å². The summed E-state index contributed by atoms with van der Waals surface area (Å²) in [4.78, 5) is 29.6. The number of benzene rings is 1. The van der Waals surface area contributed by atoms with Crippen molar-refractivity contribution in [1.29, 1.82) is 0 Å². The molecule has 1 aromatic carbocycles. The molecule has 0 saturated heterocycles. The summed E-state index contributed by atoms with van der Waals surface area (Å²) in [5.41, 5.74) is 7.89. The summed E-state index contributed by atoms with van der Waals surface area (Å²) < 4.78 is 5.26. The number of nitrogens with one attached hydrogen (secondary N) is 3. The van der Waals surface area contributed by atoms with E-state index >= 15 is 0 Å². The highest BCUT2D eigenvalue weighted by Crippen LogP contribution is 2.32. The fourth-order valence-electron chi connectivity index (χ4n) is 4.25. The molecular formula is C27H23N7O2. The molecule has 36 heavy (non-hydrogen) atoms. The molecule has 178 valence electrons. The Balaban J connectivity index is 1.38. The number of amides is 1. The van der Waals surface area contributed by atoms with Crippen LogP contribution in [0.2, 0.25) is 0 Å². The van der Waals surface area contributed by atoms with E-state index in [4.69, 9.17) is 14.4 Å². The molecule has 3 N–H and O–H groups in total. The summed E-state index contributed by atoms with van der Waals surface area (Å²) in [6.45, 7) is 4.02. The molecule has 0 aliphatic rings. The fraction of sp³-hybridized carbons (Fsp3) is 0.148. The van der Waals surface area contributed by atoms with Crippen molar-refractivity contribution in [2.24, 2.45) is 5.92 Å². The summed E-state index contributed by atoms with van der Waals surface area (Å²) in [6.07, 6.45) is 7.16. The molecule has 0 atom stereocenters. The highest BCUT2D eigenvalue weighted by Gasteiger charge is 2.17. The van der Waals surface area contributed by atoms with Crippen LogP contribution in [0.15, 0.2) is 71.8 Å². The van der Waals surface area contributed by atoms with Gasteiger partial charge in [-0.3, -0.25) is 14.9 Å². The first kappa shape index (κ1) is 21.7. The van der Waals surface area contributed by atoms with Crippen LogP contribution in [0, 0.1) is 5.92 Å². The third-order valence-corrected chi connectivity index (χ3v) is 5.89. The van der Waals surface area contributed by atoms with Gasteiger partial charge in [0.2, 0.25) is 5.91 Å². The zero-order valence-corrected chi connectivity index (χ0v) is 19.7. The number of imidazole rings is 1. The molecule has 0 unspecified atom stereocenters. The lowest BCUT2D eigenvalue weighted by molar-refractivity contribution is -0.116. The monoisotopic (exact) mass is 477 g/mol. The van der Waals surface area contributed by atoms with Crippen LogP contribution in [0.1, 0.15) is 20.3 Å². The number of nitrogens with zero attached hydrogens (tertiary/aromatic N) is 4. The molecule has 0 aliphatic heterocycles. The van der Waals surface area contributed by atoms with Crippen LogP contribution in [0.4, 0.5) is 5.69 Å². The van der Waals surface area contributed by atoms with E-state index in [9.17, 15) is 4.79 Å². The maximum absolute atomic E-state index is 12.2. The molecule has 0 bridgehead atoms. The largest absolute Gasteiger partial charge is 0.472 e. The van der Waals surface area contributed by atoms with E-state index in [0.717, 1.165) is 33.2 Å². The number of aromatic amines is 2. The number of furan rings is 1. The number of carbonyl (C=O) groups excluding carboxylic acids is 1. The molecule has 6 rings (SSSR count). The summed E-state index contributed by atoms with van der Waals surface area (Å²) >= 11 is 0. The van der Waals surface area contributed by atoms with Gasteiger partial charge < -0.3 is 14.7 Å². The lowest BCUT2D eigenvalue weighted by atomic mass is 10.1. The Morgan fingerprint density at radius 3 is 2.78 bits per heavy atom. The first-order valence-electron chi connectivity index (χ1n) is 11.7. The molecule has 0 fully saturated rings. The van der Waals surface area contributed by atoms with Gasteiger partial charge in [-0.1, -0.05) is 26.0 Å². The molecule has 0 aliphatic carbocycles. The number of rotatable bonds is 6. The predicted octanol–water partition coefficient (Wildman–Crippen LogP) is 5.81. The van der Waals surface area contributed by atoms with Gasteiger partial charge in [0.1, 0.15) is 5.52 Å². The quantitative estimate of drug-likeness (QED) is 0.278. The molecule has 5 heterocycles. The number of pyridine rings is 2. The lowest BCUT2D eigenvalue weighted by Crippen LogP contribution is -2.14. The SMILES string of the molecule is CC(C)CC(=O)Nc1cncc(-c2ccc3[nH]nc(-c4nc5c(-c6ccoc6)cccc5[nH]4)c3n2)c1. The molecule has 5 aromatic heterocycles. The minimum absolute atomic E-state index is 0.0378. The Bertz CT molecular complexity index is 1700. The second-order valence-corrected chi connectivity index (χ2v) is 9.07. The maximum Gasteiger partial charge on any atom is 0.224 e. The predicted molar refractivity (Wildman–Crippen MR) is 138 cm³/mol. The second kappa shape index (κ2) is 8.77. The van der Waals surface area contributed by atoms with Crippen LogP contribution in [0.5, 0.6) is 0 Å². The number of fused-ring (bicyclic) bond motifs is 2. The average Bonchev–Trinajstić information content (AvgIpc) is 3.62. The maximum atomic E-state index is 12.2. The van der Waals surface area contributed by atoms with Crippen LogP contribution in [-0.4, -0.2) is 36.0 Å². The number of carbonyl (C=O) groups is 1. The van der Waals surface area contributed by atoms with Gasteiger partial charge in [-0.2, -0.15) is 5.10 Å². The van der Waals surface area contributed by atoms with Gasteiger partial charge in [0, 0.05) is 29.3 Å². The van der Waals surface area contributed by atoms with Crippen LogP contribution in [-0.2, 0) is 4.79 Å². The molecule has 9 nitrogen and oxygen atoms in total. The summed E-state index contributed by atoms with van der Waals surface area (Å²) in [7, 11) is 0. The number of hydrogen-bond donors (Lipinski definition) is 3. The average molecular weight is 478 g/mol. The minimum atomic E-state index is -0.0378. The van der Waals surface area contributed by atoms with Gasteiger partial charge in [-0.25, -0.2) is 9.97 Å². The third kappa shape index (κ3) is 4.00. The lowest BCUT2D eigenvalue weighted by Gasteiger charge is -2.08. The van der Waals surface area contributed by atoms with Gasteiger partial charge in [0.05, 0.1) is 46.7 Å². The zero-order chi connectivity index (χ0) is 24.6. The van der Waals surface area contributed by atoms with Crippen LogP contribution < -0.4 is 5.32 Å². The highest BCUT2D eigenvalue weighted by atomic mass is 16.3. The van der Waals surface area contributed by atoms with E-state index in [0.29, 0.717) is 34.8 Å². The number of aromatic nitrogens is 6. The molecule has 0 saturated carbocycles. The molecule has 0 spiro atoms. The minimum Gasteiger partial charge on any atom is -0.472 e. The zero-order valence-electron chi connectivity index (χ0n) is 19.7. The normalized spacial score (nSPS) is 11.5. The van der Waals surface area contributed by atoms with Crippen molar-refractivity contribution in [3.63, 3.8) is 0 Å². The second-order valence-electron chi connectivity index (χ2n) is 9.07. The van der Waals surface area contributed by atoms with Gasteiger partial charge in [-0.05, 0) is 36.2 Å². The van der Waals surface area contributed by atoms with E-state index in [1.54, 1.807) is 24.9 Å². The van der Waals surface area contributed by atoms with E-state index in [1.807, 2.05) is 56.3 Å². The van der Waals surface area contributed by atoms with Crippen molar-refractivity contribution in [1.82, 2.24) is 30.1 Å². The molecule has 9 heteroatoms. The van der Waals surface area contributed by atoms with Crippen molar-refractivity contribution >= 4 is 33.7 Å². The molecule has 0 radical (unpaired) electrons.